The molecule has 23 heavy (non-hydrogen) atoms. The molecule has 1 aliphatic rings. The summed E-state index contributed by atoms with van der Waals surface area (Å²) in [5, 5.41) is 9.81. The first-order valence-corrected chi connectivity index (χ1v) is 7.83. The van der Waals surface area contributed by atoms with Crippen molar-refractivity contribution in [1.82, 2.24) is 0 Å². The van der Waals surface area contributed by atoms with E-state index in [0.29, 0.717) is 15.5 Å². The highest BCUT2D eigenvalue weighted by molar-refractivity contribution is 8.19. The summed E-state index contributed by atoms with van der Waals surface area (Å²) < 4.78 is 0. The van der Waals surface area contributed by atoms with Crippen LogP contribution in [0.4, 0.5) is 0 Å². The summed E-state index contributed by atoms with van der Waals surface area (Å²) in [7, 11) is 0. The largest absolute Gasteiger partial charge is 0.284 e. The molecule has 0 bridgehead atoms. The van der Waals surface area contributed by atoms with Gasteiger partial charge in [0.05, 0.1) is 10.5 Å². The first-order chi connectivity index (χ1) is 11.3. The van der Waals surface area contributed by atoms with Crippen molar-refractivity contribution in [2.24, 2.45) is 4.99 Å². The van der Waals surface area contributed by atoms with Gasteiger partial charge in [0.2, 0.25) is 0 Å². The van der Waals surface area contributed by atoms with Gasteiger partial charge in [-0.05, 0) is 23.3 Å². The highest BCUT2D eigenvalue weighted by Gasteiger charge is 2.24. The lowest BCUT2D eigenvalue weighted by Gasteiger charge is -1.98. The SMILES string of the molecule is N#C/C(=C\c1ccccc1)C1=NC(=O)/C(=C/c2ccccc2)S1. The number of nitrogens with zero attached hydrogens (tertiary/aromatic N) is 2. The second-order valence-corrected chi connectivity index (χ2v) is 5.85. The van der Waals surface area contributed by atoms with Gasteiger partial charge in [-0.15, -0.1) is 0 Å². The molecular weight excluding hydrogens is 304 g/mol. The van der Waals surface area contributed by atoms with E-state index >= 15 is 0 Å². The smallest absolute Gasteiger partial charge is 0.266 e. The predicted molar refractivity (Wildman–Crippen MR) is 94.5 cm³/mol. The molecule has 0 aliphatic carbocycles. The van der Waals surface area contributed by atoms with E-state index in [1.807, 2.05) is 60.7 Å². The lowest BCUT2D eigenvalue weighted by molar-refractivity contribution is -0.113. The van der Waals surface area contributed by atoms with Crippen LogP contribution >= 0.6 is 11.8 Å². The first-order valence-electron chi connectivity index (χ1n) is 7.01. The van der Waals surface area contributed by atoms with Crippen LogP contribution in [0.3, 0.4) is 0 Å². The van der Waals surface area contributed by atoms with Gasteiger partial charge >= 0.3 is 0 Å². The third-order valence-corrected chi connectivity index (χ3v) is 4.20. The summed E-state index contributed by atoms with van der Waals surface area (Å²) in [5.41, 5.74) is 2.23. The third-order valence-electron chi connectivity index (χ3n) is 3.18. The molecule has 0 unspecified atom stereocenters. The van der Waals surface area contributed by atoms with E-state index in [2.05, 4.69) is 11.1 Å². The van der Waals surface area contributed by atoms with Gasteiger partial charge in [0.25, 0.3) is 5.91 Å². The molecular formula is C19H12N2OS. The fourth-order valence-electron chi connectivity index (χ4n) is 2.08. The second kappa shape index (κ2) is 6.91. The van der Waals surface area contributed by atoms with E-state index in [9.17, 15) is 10.1 Å². The summed E-state index contributed by atoms with van der Waals surface area (Å²) >= 11 is 1.24. The van der Waals surface area contributed by atoms with Gasteiger partial charge in [-0.25, -0.2) is 4.99 Å². The lowest BCUT2D eigenvalue weighted by Crippen LogP contribution is -1.92. The molecule has 2 aromatic carbocycles. The fraction of sp³-hybridized carbons (Fsp3) is 0. The predicted octanol–water partition coefficient (Wildman–Crippen LogP) is 4.31. The van der Waals surface area contributed by atoms with Crippen molar-refractivity contribution < 1.29 is 4.79 Å². The quantitative estimate of drug-likeness (QED) is 0.626. The summed E-state index contributed by atoms with van der Waals surface area (Å²) in [6.45, 7) is 0. The summed E-state index contributed by atoms with van der Waals surface area (Å²) in [4.78, 5) is 16.6. The number of hydrogen-bond donors (Lipinski definition) is 0. The average Bonchev–Trinajstić information content (AvgIpc) is 2.95. The van der Waals surface area contributed by atoms with E-state index in [4.69, 9.17) is 0 Å². The van der Waals surface area contributed by atoms with Crippen LogP contribution in [0.15, 0.2) is 76.1 Å². The van der Waals surface area contributed by atoms with Crippen molar-refractivity contribution in [1.29, 1.82) is 5.26 Å². The zero-order valence-electron chi connectivity index (χ0n) is 12.1. The molecule has 1 heterocycles. The van der Waals surface area contributed by atoms with Crippen LogP contribution in [-0.4, -0.2) is 11.0 Å². The molecule has 0 aromatic heterocycles. The second-order valence-electron chi connectivity index (χ2n) is 4.82. The van der Waals surface area contributed by atoms with Crippen LogP contribution in [-0.2, 0) is 4.79 Å². The maximum atomic E-state index is 12.0. The zero-order chi connectivity index (χ0) is 16.1. The molecule has 0 fully saturated rings. The maximum Gasteiger partial charge on any atom is 0.284 e. The van der Waals surface area contributed by atoms with E-state index < -0.39 is 0 Å². The monoisotopic (exact) mass is 316 g/mol. The minimum absolute atomic E-state index is 0.303. The minimum atomic E-state index is -0.303. The molecule has 1 amide bonds. The van der Waals surface area contributed by atoms with Gasteiger partial charge in [0.1, 0.15) is 11.1 Å². The standard InChI is InChI=1S/C19H12N2OS/c20-13-16(11-14-7-3-1-4-8-14)19-21-18(22)17(23-19)12-15-9-5-2-6-10-15/h1-12H/b16-11+,17-12-. The summed E-state index contributed by atoms with van der Waals surface area (Å²) in [6.07, 6.45) is 3.53. The number of carbonyl (C=O) groups is 1. The first kappa shape index (κ1) is 15.0. The number of aliphatic imine (C=N–C) groups is 1. The summed E-state index contributed by atoms with van der Waals surface area (Å²) in [5.74, 6) is -0.303. The Kier molecular flexibility index (Phi) is 4.51. The molecule has 0 spiro atoms. The molecule has 1 aliphatic heterocycles. The lowest BCUT2D eigenvalue weighted by atomic mass is 10.1. The Morgan fingerprint density at radius 3 is 2.22 bits per heavy atom. The number of amides is 1. The Balaban J connectivity index is 1.86. The van der Waals surface area contributed by atoms with Crippen molar-refractivity contribution in [3.63, 3.8) is 0 Å². The fourth-order valence-corrected chi connectivity index (χ4v) is 2.96. The van der Waals surface area contributed by atoms with Crippen molar-refractivity contribution in [3.05, 3.63) is 82.3 Å². The number of hydrogen-bond acceptors (Lipinski definition) is 3. The molecule has 2 aromatic rings. The molecule has 0 saturated heterocycles. The van der Waals surface area contributed by atoms with Gasteiger partial charge in [0.15, 0.2) is 0 Å². The van der Waals surface area contributed by atoms with Crippen molar-refractivity contribution >= 4 is 34.9 Å². The molecule has 0 atom stereocenters. The van der Waals surface area contributed by atoms with E-state index in [0.717, 1.165) is 11.1 Å². The maximum absolute atomic E-state index is 12.0. The zero-order valence-corrected chi connectivity index (χ0v) is 13.0. The van der Waals surface area contributed by atoms with Crippen LogP contribution in [0.25, 0.3) is 12.2 Å². The number of rotatable bonds is 3. The molecule has 110 valence electrons. The van der Waals surface area contributed by atoms with Crippen LogP contribution in [0.5, 0.6) is 0 Å². The van der Waals surface area contributed by atoms with E-state index in [-0.39, 0.29) is 5.91 Å². The Morgan fingerprint density at radius 1 is 1.00 bits per heavy atom. The molecule has 0 saturated carbocycles. The van der Waals surface area contributed by atoms with Crippen LogP contribution in [0.1, 0.15) is 11.1 Å². The number of thioether (sulfide) groups is 1. The van der Waals surface area contributed by atoms with Crippen molar-refractivity contribution in [2.75, 3.05) is 0 Å². The number of nitriles is 1. The Labute approximate surface area is 138 Å². The number of benzene rings is 2. The highest BCUT2D eigenvalue weighted by Crippen LogP contribution is 2.32. The van der Waals surface area contributed by atoms with Crippen LogP contribution < -0.4 is 0 Å². The topological polar surface area (TPSA) is 53.2 Å². The Morgan fingerprint density at radius 2 is 1.61 bits per heavy atom. The highest BCUT2D eigenvalue weighted by atomic mass is 32.2. The third kappa shape index (κ3) is 3.65. The van der Waals surface area contributed by atoms with E-state index in [1.54, 1.807) is 12.2 Å². The average molecular weight is 316 g/mol. The molecule has 3 rings (SSSR count). The van der Waals surface area contributed by atoms with Crippen LogP contribution in [0.2, 0.25) is 0 Å². The van der Waals surface area contributed by atoms with E-state index in [1.165, 1.54) is 11.8 Å². The molecule has 0 radical (unpaired) electrons. The Bertz CT molecular complexity index is 859. The molecule has 4 heteroatoms. The van der Waals surface area contributed by atoms with Gasteiger partial charge < -0.3 is 0 Å². The molecule has 3 nitrogen and oxygen atoms in total. The van der Waals surface area contributed by atoms with Gasteiger partial charge in [-0.2, -0.15) is 5.26 Å². The van der Waals surface area contributed by atoms with Crippen molar-refractivity contribution in [2.45, 2.75) is 0 Å². The van der Waals surface area contributed by atoms with Gasteiger partial charge in [-0.3, -0.25) is 4.79 Å². The van der Waals surface area contributed by atoms with Crippen molar-refractivity contribution in [3.8, 4) is 6.07 Å². The van der Waals surface area contributed by atoms with Gasteiger partial charge in [0, 0.05) is 0 Å². The number of carbonyl (C=O) groups excluding carboxylic acids is 1. The Hall–Kier alpha value is -2.90. The summed E-state index contributed by atoms with van der Waals surface area (Å²) in [6, 6.07) is 21.2. The van der Waals surface area contributed by atoms with Gasteiger partial charge in [-0.1, -0.05) is 72.4 Å². The minimum Gasteiger partial charge on any atom is -0.266 e. The van der Waals surface area contributed by atoms with Crippen LogP contribution in [0, 0.1) is 11.3 Å². The normalized spacial score (nSPS) is 16.3. The molecule has 0 N–H and O–H groups in total.